The van der Waals surface area contributed by atoms with Crippen molar-refractivity contribution in [3.8, 4) is 11.5 Å². The minimum atomic E-state index is -0.468. The normalized spacial score (nSPS) is 10.2. The standard InChI is InChI=1S/C15H12BrClO3/c1-10-2-7-14(13(16)8-10)20-15(18)9-19-12-5-3-11(17)4-6-12/h2-8H,9H2,1H3. The number of ether oxygens (including phenoxy) is 2. The molecule has 20 heavy (non-hydrogen) atoms. The van der Waals surface area contributed by atoms with E-state index in [4.69, 9.17) is 21.1 Å². The van der Waals surface area contributed by atoms with Gasteiger partial charge in [-0.1, -0.05) is 17.7 Å². The van der Waals surface area contributed by atoms with Gasteiger partial charge in [0.1, 0.15) is 11.5 Å². The molecule has 2 aromatic rings. The fraction of sp³-hybridized carbons (Fsp3) is 0.133. The molecule has 0 aliphatic rings. The van der Waals surface area contributed by atoms with E-state index >= 15 is 0 Å². The Kier molecular flexibility index (Phi) is 5.04. The monoisotopic (exact) mass is 354 g/mol. The molecular weight excluding hydrogens is 344 g/mol. The maximum atomic E-state index is 11.7. The fourth-order valence-electron chi connectivity index (χ4n) is 1.51. The number of hydrogen-bond donors (Lipinski definition) is 0. The summed E-state index contributed by atoms with van der Waals surface area (Å²) < 4.78 is 11.3. The van der Waals surface area contributed by atoms with E-state index in [0.717, 1.165) is 10.0 Å². The lowest BCUT2D eigenvalue weighted by Crippen LogP contribution is -2.17. The number of esters is 1. The highest BCUT2D eigenvalue weighted by Gasteiger charge is 2.09. The molecule has 0 radical (unpaired) electrons. The molecule has 0 heterocycles. The number of aryl methyl sites for hydroxylation is 1. The second kappa shape index (κ2) is 6.77. The summed E-state index contributed by atoms with van der Waals surface area (Å²) in [5, 5.41) is 0.614. The molecule has 5 heteroatoms. The van der Waals surface area contributed by atoms with Crippen molar-refractivity contribution >= 4 is 33.5 Å². The van der Waals surface area contributed by atoms with E-state index in [9.17, 15) is 4.79 Å². The van der Waals surface area contributed by atoms with Crippen LogP contribution >= 0.6 is 27.5 Å². The summed E-state index contributed by atoms with van der Waals surface area (Å²) in [6, 6.07) is 12.3. The quantitative estimate of drug-likeness (QED) is 0.602. The third-order valence-electron chi connectivity index (χ3n) is 2.48. The summed E-state index contributed by atoms with van der Waals surface area (Å²) in [4.78, 5) is 11.7. The second-order valence-corrected chi connectivity index (χ2v) is 5.44. The predicted molar refractivity (Wildman–Crippen MR) is 81.5 cm³/mol. The molecule has 0 bridgehead atoms. The van der Waals surface area contributed by atoms with Crippen LogP contribution in [0, 0.1) is 6.92 Å². The van der Waals surface area contributed by atoms with Crippen molar-refractivity contribution in [2.24, 2.45) is 0 Å². The Balaban J connectivity index is 1.90. The second-order valence-electron chi connectivity index (χ2n) is 4.15. The van der Waals surface area contributed by atoms with Crippen molar-refractivity contribution in [1.82, 2.24) is 0 Å². The minimum Gasteiger partial charge on any atom is -0.482 e. The molecule has 0 aromatic heterocycles. The first-order valence-corrected chi connectivity index (χ1v) is 7.07. The molecule has 0 spiro atoms. The lowest BCUT2D eigenvalue weighted by Gasteiger charge is -2.08. The maximum Gasteiger partial charge on any atom is 0.349 e. The molecule has 0 N–H and O–H groups in total. The van der Waals surface area contributed by atoms with E-state index in [1.807, 2.05) is 19.1 Å². The zero-order valence-corrected chi connectivity index (χ0v) is 13.1. The first-order chi connectivity index (χ1) is 9.54. The minimum absolute atomic E-state index is 0.165. The molecule has 0 amide bonds. The smallest absolute Gasteiger partial charge is 0.349 e. The van der Waals surface area contributed by atoms with Crippen LogP contribution < -0.4 is 9.47 Å². The molecular formula is C15H12BrClO3. The van der Waals surface area contributed by atoms with Gasteiger partial charge >= 0.3 is 5.97 Å². The van der Waals surface area contributed by atoms with Gasteiger partial charge in [0.2, 0.25) is 0 Å². The summed E-state index contributed by atoms with van der Waals surface area (Å²) in [5.41, 5.74) is 1.08. The van der Waals surface area contributed by atoms with Gasteiger partial charge in [-0.3, -0.25) is 0 Å². The molecule has 3 nitrogen and oxygen atoms in total. The van der Waals surface area contributed by atoms with Crippen LogP contribution in [0.25, 0.3) is 0 Å². The summed E-state index contributed by atoms with van der Waals surface area (Å²) in [6.07, 6.45) is 0. The van der Waals surface area contributed by atoms with Crippen LogP contribution in [0.15, 0.2) is 46.9 Å². The number of halogens is 2. The average Bonchev–Trinajstić information content (AvgIpc) is 2.41. The van der Waals surface area contributed by atoms with Crippen molar-refractivity contribution in [2.45, 2.75) is 6.92 Å². The fourth-order valence-corrected chi connectivity index (χ4v) is 2.21. The zero-order valence-electron chi connectivity index (χ0n) is 10.7. The molecule has 104 valence electrons. The zero-order chi connectivity index (χ0) is 14.5. The lowest BCUT2D eigenvalue weighted by atomic mass is 10.2. The van der Waals surface area contributed by atoms with Crippen molar-refractivity contribution < 1.29 is 14.3 Å². The summed E-state index contributed by atoms with van der Waals surface area (Å²) >= 11 is 9.11. The van der Waals surface area contributed by atoms with Crippen LogP contribution in [0.1, 0.15) is 5.56 Å². The Labute approximate surface area is 130 Å². The van der Waals surface area contributed by atoms with Crippen molar-refractivity contribution in [1.29, 1.82) is 0 Å². The molecule has 0 unspecified atom stereocenters. The van der Waals surface area contributed by atoms with Gasteiger partial charge in [0.15, 0.2) is 6.61 Å². The Morgan fingerprint density at radius 1 is 1.20 bits per heavy atom. The van der Waals surface area contributed by atoms with E-state index < -0.39 is 5.97 Å². The number of carbonyl (C=O) groups excluding carboxylic acids is 1. The molecule has 0 fully saturated rings. The van der Waals surface area contributed by atoms with E-state index in [-0.39, 0.29) is 6.61 Å². The van der Waals surface area contributed by atoms with Gasteiger partial charge in [-0.2, -0.15) is 0 Å². The third kappa shape index (κ3) is 4.25. The Morgan fingerprint density at radius 3 is 2.55 bits per heavy atom. The van der Waals surface area contributed by atoms with Gasteiger partial charge in [-0.25, -0.2) is 4.79 Å². The van der Waals surface area contributed by atoms with Crippen LogP contribution in [0.3, 0.4) is 0 Å². The number of hydrogen-bond acceptors (Lipinski definition) is 3. The first-order valence-electron chi connectivity index (χ1n) is 5.90. The highest BCUT2D eigenvalue weighted by Crippen LogP contribution is 2.25. The average molecular weight is 356 g/mol. The van der Waals surface area contributed by atoms with Crippen LogP contribution in [-0.4, -0.2) is 12.6 Å². The highest BCUT2D eigenvalue weighted by atomic mass is 79.9. The van der Waals surface area contributed by atoms with Crippen molar-refractivity contribution in [3.05, 3.63) is 57.5 Å². The summed E-state index contributed by atoms with van der Waals surface area (Å²) in [7, 11) is 0. The van der Waals surface area contributed by atoms with E-state index in [1.54, 1.807) is 30.3 Å². The Hall–Kier alpha value is -1.52. The van der Waals surface area contributed by atoms with Gasteiger partial charge in [0.25, 0.3) is 0 Å². The summed E-state index contributed by atoms with van der Waals surface area (Å²) in [5.74, 6) is 0.569. The number of carbonyl (C=O) groups is 1. The van der Waals surface area contributed by atoms with Gasteiger partial charge in [0, 0.05) is 5.02 Å². The molecule has 0 aliphatic heterocycles. The highest BCUT2D eigenvalue weighted by molar-refractivity contribution is 9.10. The van der Waals surface area contributed by atoms with Gasteiger partial charge in [-0.05, 0) is 64.8 Å². The van der Waals surface area contributed by atoms with Crippen molar-refractivity contribution in [2.75, 3.05) is 6.61 Å². The maximum absolute atomic E-state index is 11.7. The van der Waals surface area contributed by atoms with E-state index in [2.05, 4.69) is 15.9 Å². The molecule has 0 aliphatic carbocycles. The molecule has 2 aromatic carbocycles. The Morgan fingerprint density at radius 2 is 1.90 bits per heavy atom. The van der Waals surface area contributed by atoms with Crippen LogP contribution in [0.4, 0.5) is 0 Å². The third-order valence-corrected chi connectivity index (χ3v) is 3.35. The van der Waals surface area contributed by atoms with Crippen LogP contribution in [0.2, 0.25) is 5.02 Å². The van der Waals surface area contributed by atoms with Crippen LogP contribution in [0.5, 0.6) is 11.5 Å². The van der Waals surface area contributed by atoms with Crippen molar-refractivity contribution in [3.63, 3.8) is 0 Å². The molecule has 0 atom stereocenters. The van der Waals surface area contributed by atoms with Crippen LogP contribution in [-0.2, 0) is 4.79 Å². The summed E-state index contributed by atoms with van der Waals surface area (Å²) in [6.45, 7) is 1.79. The Bertz CT molecular complexity index is 611. The van der Waals surface area contributed by atoms with Gasteiger partial charge in [-0.15, -0.1) is 0 Å². The largest absolute Gasteiger partial charge is 0.482 e. The number of rotatable bonds is 4. The van der Waals surface area contributed by atoms with E-state index in [0.29, 0.717) is 16.5 Å². The van der Waals surface area contributed by atoms with Gasteiger partial charge < -0.3 is 9.47 Å². The van der Waals surface area contributed by atoms with Gasteiger partial charge in [0.05, 0.1) is 4.47 Å². The molecule has 0 saturated heterocycles. The van der Waals surface area contributed by atoms with E-state index in [1.165, 1.54) is 0 Å². The lowest BCUT2D eigenvalue weighted by molar-refractivity contribution is -0.136. The SMILES string of the molecule is Cc1ccc(OC(=O)COc2ccc(Cl)cc2)c(Br)c1. The topological polar surface area (TPSA) is 35.5 Å². The predicted octanol–water partition coefficient (Wildman–Crippen LogP) is 4.40. The molecule has 0 saturated carbocycles. The first kappa shape index (κ1) is 14.9. The molecule has 2 rings (SSSR count). The number of benzene rings is 2.